The van der Waals surface area contributed by atoms with Crippen molar-refractivity contribution in [2.75, 3.05) is 24.5 Å². The van der Waals surface area contributed by atoms with Crippen LogP contribution in [-0.2, 0) is 19.6 Å². The maximum Gasteiger partial charge on any atom is 0.243 e. The first-order valence-corrected chi connectivity index (χ1v) is 11.1. The summed E-state index contributed by atoms with van der Waals surface area (Å²) in [6, 6.07) is 15.1. The van der Waals surface area contributed by atoms with Gasteiger partial charge in [-0.1, -0.05) is 30.3 Å². The van der Waals surface area contributed by atoms with E-state index < -0.39 is 16.1 Å². The van der Waals surface area contributed by atoms with Gasteiger partial charge in [0.1, 0.15) is 0 Å². The number of hydrogen-bond acceptors (Lipinski definition) is 4. The molecule has 2 aliphatic heterocycles. The van der Waals surface area contributed by atoms with Crippen molar-refractivity contribution in [3.05, 3.63) is 60.2 Å². The molecule has 2 fully saturated rings. The van der Waals surface area contributed by atoms with Crippen molar-refractivity contribution in [1.29, 1.82) is 0 Å². The van der Waals surface area contributed by atoms with Crippen molar-refractivity contribution in [3.63, 3.8) is 0 Å². The van der Waals surface area contributed by atoms with Gasteiger partial charge < -0.3 is 10.2 Å². The second kappa shape index (κ2) is 7.96. The van der Waals surface area contributed by atoms with Crippen LogP contribution >= 0.6 is 0 Å². The minimum absolute atomic E-state index is 0.0573. The third-order valence-corrected chi connectivity index (χ3v) is 7.32. The Morgan fingerprint density at radius 1 is 0.931 bits per heavy atom. The Morgan fingerprint density at radius 2 is 1.66 bits per heavy atom. The van der Waals surface area contributed by atoms with Crippen LogP contribution in [0.4, 0.5) is 5.69 Å². The number of nitrogens with one attached hydrogen (secondary N) is 1. The molecule has 0 aliphatic carbocycles. The van der Waals surface area contributed by atoms with Gasteiger partial charge in [-0.15, -0.1) is 0 Å². The minimum atomic E-state index is -3.82. The van der Waals surface area contributed by atoms with Gasteiger partial charge in [-0.2, -0.15) is 4.31 Å². The number of hydrogen-bond donors (Lipinski definition) is 1. The molecule has 4 rings (SSSR count). The molecule has 8 heteroatoms. The molecular weight excluding hydrogens is 390 g/mol. The number of amides is 2. The summed E-state index contributed by atoms with van der Waals surface area (Å²) in [5.41, 5.74) is 1.49. The smallest absolute Gasteiger partial charge is 0.243 e. The number of carbonyl (C=O) groups is 2. The van der Waals surface area contributed by atoms with Crippen LogP contribution in [0.5, 0.6) is 0 Å². The van der Waals surface area contributed by atoms with Gasteiger partial charge in [0.05, 0.1) is 10.9 Å². The van der Waals surface area contributed by atoms with Crippen molar-refractivity contribution in [2.24, 2.45) is 0 Å². The lowest BCUT2D eigenvalue weighted by Crippen LogP contribution is -2.36. The summed E-state index contributed by atoms with van der Waals surface area (Å²) in [7, 11) is -3.82. The third-order valence-electron chi connectivity index (χ3n) is 5.39. The van der Waals surface area contributed by atoms with Crippen LogP contribution in [0, 0.1) is 0 Å². The van der Waals surface area contributed by atoms with E-state index in [2.05, 4.69) is 5.32 Å². The van der Waals surface area contributed by atoms with E-state index in [1.165, 1.54) is 4.31 Å². The number of rotatable bonds is 4. The van der Waals surface area contributed by atoms with Gasteiger partial charge >= 0.3 is 0 Å². The van der Waals surface area contributed by atoms with Crippen LogP contribution in [0.2, 0.25) is 0 Å². The van der Waals surface area contributed by atoms with E-state index in [4.69, 9.17) is 0 Å². The molecular formula is C21H23N3O4S. The van der Waals surface area contributed by atoms with Crippen LogP contribution in [-0.4, -0.2) is 44.2 Å². The van der Waals surface area contributed by atoms with E-state index in [-0.39, 0.29) is 36.2 Å². The molecule has 1 N–H and O–H groups in total. The highest BCUT2D eigenvalue weighted by molar-refractivity contribution is 7.89. The van der Waals surface area contributed by atoms with Gasteiger partial charge in [0.2, 0.25) is 21.8 Å². The van der Waals surface area contributed by atoms with Crippen LogP contribution in [0.25, 0.3) is 0 Å². The molecule has 2 saturated heterocycles. The summed E-state index contributed by atoms with van der Waals surface area (Å²) in [6.07, 6.45) is 1.41. The molecule has 7 nitrogen and oxygen atoms in total. The zero-order valence-corrected chi connectivity index (χ0v) is 16.8. The van der Waals surface area contributed by atoms with Crippen molar-refractivity contribution < 1.29 is 18.0 Å². The van der Waals surface area contributed by atoms with E-state index in [9.17, 15) is 18.0 Å². The Morgan fingerprint density at radius 3 is 2.31 bits per heavy atom. The Kier molecular flexibility index (Phi) is 5.38. The number of nitrogens with zero attached hydrogens (tertiary/aromatic N) is 2. The van der Waals surface area contributed by atoms with Gasteiger partial charge in [0.15, 0.2) is 0 Å². The Balaban J connectivity index is 1.66. The SMILES string of the molecule is O=C1C[C@H](c2ccccc2)N(S(=O)(=O)c2ccc(N3CCCC3=O)cc2)CCN1. The lowest BCUT2D eigenvalue weighted by Gasteiger charge is -2.28. The summed E-state index contributed by atoms with van der Waals surface area (Å²) in [4.78, 5) is 25.9. The normalized spacial score (nSPS) is 21.1. The lowest BCUT2D eigenvalue weighted by molar-refractivity contribution is -0.121. The Bertz CT molecular complexity index is 1010. The van der Waals surface area contributed by atoms with Gasteiger partial charge in [0, 0.05) is 38.2 Å². The minimum Gasteiger partial charge on any atom is -0.355 e. The predicted octanol–water partition coefficient (Wildman–Crippen LogP) is 2.07. The topological polar surface area (TPSA) is 86.8 Å². The molecule has 2 heterocycles. The second-order valence-corrected chi connectivity index (χ2v) is 9.13. The first kappa shape index (κ1) is 19.6. The fraction of sp³-hybridized carbons (Fsp3) is 0.333. The van der Waals surface area contributed by atoms with E-state index >= 15 is 0 Å². The summed E-state index contributed by atoms with van der Waals surface area (Å²) >= 11 is 0. The van der Waals surface area contributed by atoms with Crippen LogP contribution in [0.1, 0.15) is 30.9 Å². The second-order valence-electron chi connectivity index (χ2n) is 7.24. The molecule has 0 bridgehead atoms. The number of benzene rings is 2. The molecule has 0 aromatic heterocycles. The number of carbonyl (C=O) groups excluding carboxylic acids is 2. The molecule has 0 unspecified atom stereocenters. The highest BCUT2D eigenvalue weighted by Crippen LogP contribution is 2.32. The van der Waals surface area contributed by atoms with E-state index in [1.807, 2.05) is 30.3 Å². The quantitative estimate of drug-likeness (QED) is 0.831. The monoisotopic (exact) mass is 413 g/mol. The molecule has 1 atom stereocenters. The average Bonchev–Trinajstić information content (AvgIpc) is 3.05. The summed E-state index contributed by atoms with van der Waals surface area (Å²) in [6.45, 7) is 1.11. The molecule has 2 amide bonds. The molecule has 152 valence electrons. The van der Waals surface area contributed by atoms with Gasteiger partial charge in [-0.05, 0) is 36.2 Å². The first-order valence-electron chi connectivity index (χ1n) is 9.71. The van der Waals surface area contributed by atoms with Crippen molar-refractivity contribution in [1.82, 2.24) is 9.62 Å². The fourth-order valence-electron chi connectivity index (χ4n) is 3.91. The van der Waals surface area contributed by atoms with Crippen LogP contribution < -0.4 is 10.2 Å². The highest BCUT2D eigenvalue weighted by atomic mass is 32.2. The fourth-order valence-corrected chi connectivity index (χ4v) is 5.53. The number of anilines is 1. The molecule has 2 aliphatic rings. The van der Waals surface area contributed by atoms with Crippen molar-refractivity contribution in [2.45, 2.75) is 30.2 Å². The van der Waals surface area contributed by atoms with E-state index in [0.29, 0.717) is 18.7 Å². The van der Waals surface area contributed by atoms with Crippen molar-refractivity contribution in [3.8, 4) is 0 Å². The first-order chi connectivity index (χ1) is 14.0. The molecule has 0 saturated carbocycles. The largest absolute Gasteiger partial charge is 0.355 e. The zero-order valence-electron chi connectivity index (χ0n) is 16.0. The molecule has 0 spiro atoms. The van der Waals surface area contributed by atoms with Crippen LogP contribution in [0.3, 0.4) is 0 Å². The molecule has 2 aromatic carbocycles. The Labute approximate surface area is 170 Å². The molecule has 0 radical (unpaired) electrons. The van der Waals surface area contributed by atoms with Crippen molar-refractivity contribution >= 4 is 27.5 Å². The van der Waals surface area contributed by atoms with Gasteiger partial charge in [0.25, 0.3) is 0 Å². The van der Waals surface area contributed by atoms with E-state index in [0.717, 1.165) is 12.0 Å². The lowest BCUT2D eigenvalue weighted by atomic mass is 10.0. The predicted molar refractivity (Wildman–Crippen MR) is 109 cm³/mol. The zero-order chi connectivity index (χ0) is 20.4. The standard InChI is InChI=1S/C21H23N3O4S/c25-20-15-19(16-5-2-1-3-6-16)24(14-12-22-20)29(27,28)18-10-8-17(9-11-18)23-13-4-7-21(23)26/h1-3,5-6,8-11,19H,4,7,12-15H2,(H,22,25)/t19-/m1/s1. The summed E-state index contributed by atoms with van der Waals surface area (Å²) in [5, 5.41) is 2.76. The van der Waals surface area contributed by atoms with Gasteiger partial charge in [-0.3, -0.25) is 9.59 Å². The van der Waals surface area contributed by atoms with Crippen LogP contribution in [0.15, 0.2) is 59.5 Å². The molecule has 29 heavy (non-hydrogen) atoms. The Hall–Kier alpha value is -2.71. The van der Waals surface area contributed by atoms with E-state index in [1.54, 1.807) is 29.2 Å². The average molecular weight is 413 g/mol. The highest BCUT2D eigenvalue weighted by Gasteiger charge is 2.35. The summed E-state index contributed by atoms with van der Waals surface area (Å²) < 4.78 is 28.3. The maximum absolute atomic E-state index is 13.4. The molecule has 2 aromatic rings. The van der Waals surface area contributed by atoms with Gasteiger partial charge in [-0.25, -0.2) is 8.42 Å². The number of sulfonamides is 1. The summed E-state index contributed by atoms with van der Waals surface area (Å²) in [5.74, 6) is -0.110. The third kappa shape index (κ3) is 3.90. The maximum atomic E-state index is 13.4.